The first-order valence-corrected chi connectivity index (χ1v) is 5.52. The Kier molecular flexibility index (Phi) is 4.53. The largest absolute Gasteiger partial charge is 0.291 e. The van der Waals surface area contributed by atoms with Gasteiger partial charge in [0.05, 0.1) is 5.33 Å². The van der Waals surface area contributed by atoms with E-state index in [1.807, 2.05) is 30.3 Å². The summed E-state index contributed by atoms with van der Waals surface area (Å²) < 4.78 is 0. The Bertz CT molecular complexity index is 319. The zero-order valence-electron chi connectivity index (χ0n) is 7.70. The maximum atomic E-state index is 11.2. The van der Waals surface area contributed by atoms with Gasteiger partial charge < -0.3 is 0 Å². The van der Waals surface area contributed by atoms with E-state index < -0.39 is 0 Å². The summed E-state index contributed by atoms with van der Waals surface area (Å²) in [5.41, 5.74) is 1.09. The lowest BCUT2D eigenvalue weighted by Gasteiger charge is -1.98. The lowest BCUT2D eigenvalue weighted by Crippen LogP contribution is -2.15. The van der Waals surface area contributed by atoms with Crippen LogP contribution in [0.1, 0.15) is 12.0 Å². The number of carbonyl (C=O) groups is 2. The zero-order valence-corrected chi connectivity index (χ0v) is 9.29. The smallest absolute Gasteiger partial charge is 0.208 e. The van der Waals surface area contributed by atoms with Gasteiger partial charge in [0.2, 0.25) is 5.78 Å². The number of hydrogen-bond acceptors (Lipinski definition) is 2. The van der Waals surface area contributed by atoms with Crippen molar-refractivity contribution in [3.8, 4) is 0 Å². The number of rotatable bonds is 5. The van der Waals surface area contributed by atoms with Crippen LogP contribution in [0.5, 0.6) is 0 Å². The van der Waals surface area contributed by atoms with Crippen molar-refractivity contribution < 1.29 is 9.59 Å². The number of ketones is 2. The Labute approximate surface area is 91.4 Å². The van der Waals surface area contributed by atoms with Gasteiger partial charge in [0.1, 0.15) is 0 Å². The minimum absolute atomic E-state index is 0.126. The highest BCUT2D eigenvalue weighted by Crippen LogP contribution is 2.03. The number of halogens is 1. The van der Waals surface area contributed by atoms with Crippen LogP contribution in [0, 0.1) is 0 Å². The van der Waals surface area contributed by atoms with E-state index in [9.17, 15) is 9.59 Å². The highest BCUT2D eigenvalue weighted by molar-refractivity contribution is 9.09. The summed E-state index contributed by atoms with van der Waals surface area (Å²) in [5, 5.41) is 0.126. The Morgan fingerprint density at radius 3 is 2.29 bits per heavy atom. The van der Waals surface area contributed by atoms with Crippen LogP contribution in [0.15, 0.2) is 30.3 Å². The van der Waals surface area contributed by atoms with E-state index in [0.717, 1.165) is 5.56 Å². The van der Waals surface area contributed by atoms with Crippen molar-refractivity contribution in [2.75, 3.05) is 5.33 Å². The average molecular weight is 255 g/mol. The molecule has 0 aromatic heterocycles. The van der Waals surface area contributed by atoms with E-state index in [-0.39, 0.29) is 16.9 Å². The number of aryl methyl sites for hydroxylation is 1. The fraction of sp³-hybridized carbons (Fsp3) is 0.273. The maximum absolute atomic E-state index is 11.2. The molecule has 1 aromatic rings. The van der Waals surface area contributed by atoms with Crippen molar-refractivity contribution in [1.82, 2.24) is 0 Å². The van der Waals surface area contributed by atoms with Crippen LogP contribution in [0.2, 0.25) is 0 Å². The highest BCUT2D eigenvalue weighted by atomic mass is 79.9. The van der Waals surface area contributed by atoms with Crippen molar-refractivity contribution in [2.45, 2.75) is 12.8 Å². The van der Waals surface area contributed by atoms with Crippen LogP contribution in [0.4, 0.5) is 0 Å². The number of Topliss-reactive ketones (excluding diaryl/α,β-unsaturated/α-hetero) is 2. The van der Waals surface area contributed by atoms with Gasteiger partial charge in [0.15, 0.2) is 5.78 Å². The molecule has 0 atom stereocenters. The second-order valence-corrected chi connectivity index (χ2v) is 3.53. The van der Waals surface area contributed by atoms with Crippen LogP contribution >= 0.6 is 15.9 Å². The molecule has 0 bridgehead atoms. The molecule has 3 heteroatoms. The van der Waals surface area contributed by atoms with Crippen LogP contribution in [0.25, 0.3) is 0 Å². The third-order valence-electron chi connectivity index (χ3n) is 1.92. The standard InChI is InChI=1S/C11H11BrO2/c12-8-11(14)10(13)7-6-9-4-2-1-3-5-9/h1-5H,6-8H2. The molecular formula is C11H11BrO2. The molecule has 0 heterocycles. The molecular weight excluding hydrogens is 244 g/mol. The molecule has 0 aliphatic heterocycles. The van der Waals surface area contributed by atoms with Gasteiger partial charge in [-0.2, -0.15) is 0 Å². The van der Waals surface area contributed by atoms with Crippen molar-refractivity contribution in [1.29, 1.82) is 0 Å². The van der Waals surface area contributed by atoms with Crippen molar-refractivity contribution in [2.24, 2.45) is 0 Å². The van der Waals surface area contributed by atoms with E-state index in [2.05, 4.69) is 15.9 Å². The SMILES string of the molecule is O=C(CBr)C(=O)CCc1ccccc1. The fourth-order valence-electron chi connectivity index (χ4n) is 1.12. The summed E-state index contributed by atoms with van der Waals surface area (Å²) in [4.78, 5) is 22.1. The van der Waals surface area contributed by atoms with E-state index in [1.165, 1.54) is 0 Å². The summed E-state index contributed by atoms with van der Waals surface area (Å²) in [7, 11) is 0. The first-order valence-electron chi connectivity index (χ1n) is 4.40. The van der Waals surface area contributed by atoms with Gasteiger partial charge in [-0.3, -0.25) is 9.59 Å². The Morgan fingerprint density at radius 1 is 1.07 bits per heavy atom. The molecule has 0 aliphatic carbocycles. The molecule has 0 N–H and O–H groups in total. The first-order chi connectivity index (χ1) is 6.74. The van der Waals surface area contributed by atoms with E-state index >= 15 is 0 Å². The second-order valence-electron chi connectivity index (χ2n) is 2.97. The van der Waals surface area contributed by atoms with E-state index in [0.29, 0.717) is 12.8 Å². The first kappa shape index (κ1) is 11.1. The van der Waals surface area contributed by atoms with Gasteiger partial charge in [0.25, 0.3) is 0 Å². The Hall–Kier alpha value is -0.960. The van der Waals surface area contributed by atoms with Gasteiger partial charge in [-0.15, -0.1) is 0 Å². The minimum Gasteiger partial charge on any atom is -0.291 e. The monoisotopic (exact) mass is 254 g/mol. The molecule has 0 radical (unpaired) electrons. The topological polar surface area (TPSA) is 34.1 Å². The van der Waals surface area contributed by atoms with E-state index in [1.54, 1.807) is 0 Å². The summed E-state index contributed by atoms with van der Waals surface area (Å²) in [6.07, 6.45) is 0.937. The average Bonchev–Trinajstić information content (AvgIpc) is 2.26. The van der Waals surface area contributed by atoms with Gasteiger partial charge >= 0.3 is 0 Å². The predicted molar refractivity (Wildman–Crippen MR) is 58.6 cm³/mol. The normalized spacial score (nSPS) is 9.79. The molecule has 0 amide bonds. The molecule has 14 heavy (non-hydrogen) atoms. The molecule has 0 unspecified atom stereocenters. The molecule has 0 fully saturated rings. The third-order valence-corrected chi connectivity index (χ3v) is 2.43. The highest BCUT2D eigenvalue weighted by Gasteiger charge is 2.11. The molecule has 1 aromatic carbocycles. The Balaban J connectivity index is 2.42. The third kappa shape index (κ3) is 3.42. The lowest BCUT2D eigenvalue weighted by molar-refractivity contribution is -0.135. The fourth-order valence-corrected chi connectivity index (χ4v) is 1.43. The van der Waals surface area contributed by atoms with Crippen molar-refractivity contribution in [3.05, 3.63) is 35.9 Å². The van der Waals surface area contributed by atoms with Crippen LogP contribution < -0.4 is 0 Å². The number of benzene rings is 1. The zero-order chi connectivity index (χ0) is 10.4. The van der Waals surface area contributed by atoms with Crippen LogP contribution in [0.3, 0.4) is 0 Å². The lowest BCUT2D eigenvalue weighted by atomic mass is 10.1. The number of hydrogen-bond donors (Lipinski definition) is 0. The van der Waals surface area contributed by atoms with Crippen molar-refractivity contribution in [3.63, 3.8) is 0 Å². The van der Waals surface area contributed by atoms with Gasteiger partial charge in [0, 0.05) is 6.42 Å². The molecule has 0 spiro atoms. The molecule has 0 saturated carbocycles. The van der Waals surface area contributed by atoms with Crippen LogP contribution in [-0.2, 0) is 16.0 Å². The molecule has 0 aliphatic rings. The summed E-state index contributed by atoms with van der Waals surface area (Å²) in [6, 6.07) is 9.67. The van der Waals surface area contributed by atoms with Gasteiger partial charge in [-0.05, 0) is 12.0 Å². The van der Waals surface area contributed by atoms with E-state index in [4.69, 9.17) is 0 Å². The maximum Gasteiger partial charge on any atom is 0.208 e. The van der Waals surface area contributed by atoms with Crippen LogP contribution in [-0.4, -0.2) is 16.9 Å². The van der Waals surface area contributed by atoms with Gasteiger partial charge in [-0.1, -0.05) is 46.3 Å². The molecule has 2 nitrogen and oxygen atoms in total. The summed E-state index contributed by atoms with van der Waals surface area (Å²) >= 11 is 2.97. The molecule has 1 rings (SSSR count). The van der Waals surface area contributed by atoms with Crippen molar-refractivity contribution >= 4 is 27.5 Å². The summed E-state index contributed by atoms with van der Waals surface area (Å²) in [6.45, 7) is 0. The van der Waals surface area contributed by atoms with Gasteiger partial charge in [-0.25, -0.2) is 0 Å². The predicted octanol–water partition coefficient (Wildman–Crippen LogP) is 2.15. The quantitative estimate of drug-likeness (QED) is 0.596. The number of carbonyl (C=O) groups excluding carboxylic acids is 2. The Morgan fingerprint density at radius 2 is 1.71 bits per heavy atom. The number of alkyl halides is 1. The summed E-state index contributed by atoms with van der Waals surface area (Å²) in [5.74, 6) is -0.647. The molecule has 0 saturated heterocycles. The molecule has 74 valence electrons. The minimum atomic E-state index is -0.346. The second kappa shape index (κ2) is 5.70.